The first kappa shape index (κ1) is 12.8. The Balaban J connectivity index is 2.17. The molecule has 0 saturated heterocycles. The summed E-state index contributed by atoms with van der Waals surface area (Å²) < 4.78 is 0. The summed E-state index contributed by atoms with van der Waals surface area (Å²) in [5.74, 6) is -1.48. The fourth-order valence-electron chi connectivity index (χ4n) is 1.78. The molecule has 0 heterocycles. The fourth-order valence-corrected chi connectivity index (χ4v) is 1.78. The number of carbonyl (C=O) groups excluding carboxylic acids is 1. The minimum Gasteiger partial charge on any atom is -0.480 e. The third-order valence-corrected chi connectivity index (χ3v) is 2.65. The molecule has 19 heavy (non-hydrogen) atoms. The predicted molar refractivity (Wildman–Crippen MR) is 73.6 cm³/mol. The summed E-state index contributed by atoms with van der Waals surface area (Å²) in [5.41, 5.74) is 0.920. The Hall–Kier alpha value is -2.62. The Morgan fingerprint density at radius 1 is 1.11 bits per heavy atom. The van der Waals surface area contributed by atoms with Gasteiger partial charge in [-0.25, -0.2) is 0 Å². The van der Waals surface area contributed by atoms with E-state index in [-0.39, 0.29) is 6.54 Å². The molecule has 0 aliphatic heterocycles. The number of carboxylic acids is 1. The second-order valence-electron chi connectivity index (χ2n) is 4.01. The molecule has 0 unspecified atom stereocenters. The van der Waals surface area contributed by atoms with Gasteiger partial charge in [-0.1, -0.05) is 42.5 Å². The number of carbonyl (C=O) groups is 2. The highest BCUT2D eigenvalue weighted by atomic mass is 16.4. The zero-order valence-corrected chi connectivity index (χ0v) is 10.2. The van der Waals surface area contributed by atoms with Crippen LogP contribution in [0, 0.1) is 0 Å². The van der Waals surface area contributed by atoms with Gasteiger partial charge in [-0.2, -0.15) is 0 Å². The van der Waals surface area contributed by atoms with E-state index >= 15 is 0 Å². The molecule has 0 radical (unpaired) electrons. The first-order chi connectivity index (χ1) is 9.16. The summed E-state index contributed by atoms with van der Waals surface area (Å²) in [6.45, 7) is -0.376. The van der Waals surface area contributed by atoms with E-state index in [9.17, 15) is 9.59 Å². The van der Waals surface area contributed by atoms with Crippen LogP contribution in [0.1, 0.15) is 5.56 Å². The number of fused-ring (bicyclic) bond motifs is 1. The van der Waals surface area contributed by atoms with E-state index in [1.165, 1.54) is 6.08 Å². The van der Waals surface area contributed by atoms with Crippen LogP contribution in [-0.4, -0.2) is 23.5 Å². The average Bonchev–Trinajstić information content (AvgIpc) is 2.42. The Morgan fingerprint density at radius 3 is 2.63 bits per heavy atom. The molecule has 0 aromatic heterocycles. The third-order valence-electron chi connectivity index (χ3n) is 2.65. The van der Waals surface area contributed by atoms with Crippen LogP contribution >= 0.6 is 0 Å². The minimum atomic E-state index is -1.06. The topological polar surface area (TPSA) is 66.4 Å². The van der Waals surface area contributed by atoms with E-state index in [4.69, 9.17) is 5.11 Å². The van der Waals surface area contributed by atoms with Gasteiger partial charge in [0.25, 0.3) is 0 Å². The second kappa shape index (κ2) is 5.82. The van der Waals surface area contributed by atoms with Crippen molar-refractivity contribution in [1.82, 2.24) is 5.32 Å². The lowest BCUT2D eigenvalue weighted by molar-refractivity contribution is -0.137. The van der Waals surface area contributed by atoms with Crippen molar-refractivity contribution in [2.24, 2.45) is 0 Å². The molecule has 0 spiro atoms. The van der Waals surface area contributed by atoms with Gasteiger partial charge in [0.05, 0.1) is 0 Å². The first-order valence-corrected chi connectivity index (χ1v) is 5.82. The van der Waals surface area contributed by atoms with E-state index in [0.29, 0.717) is 0 Å². The number of aliphatic carboxylic acids is 1. The molecule has 0 bridgehead atoms. The van der Waals surface area contributed by atoms with Gasteiger partial charge in [0.1, 0.15) is 6.54 Å². The SMILES string of the molecule is O=C(O)CNC(=O)/C=C/c1cccc2ccccc12. The van der Waals surface area contributed by atoms with E-state index in [2.05, 4.69) is 5.32 Å². The smallest absolute Gasteiger partial charge is 0.322 e. The quantitative estimate of drug-likeness (QED) is 0.822. The van der Waals surface area contributed by atoms with Gasteiger partial charge in [-0.15, -0.1) is 0 Å². The third kappa shape index (κ3) is 3.42. The van der Waals surface area contributed by atoms with Gasteiger partial charge in [-0.05, 0) is 22.4 Å². The lowest BCUT2D eigenvalue weighted by Gasteiger charge is -2.01. The largest absolute Gasteiger partial charge is 0.480 e. The number of nitrogens with one attached hydrogen (secondary N) is 1. The first-order valence-electron chi connectivity index (χ1n) is 5.82. The number of amides is 1. The molecule has 2 N–H and O–H groups in total. The molecule has 1 amide bonds. The number of hydrogen-bond donors (Lipinski definition) is 2. The Kier molecular flexibility index (Phi) is 3.93. The minimum absolute atomic E-state index is 0.376. The molecular weight excluding hydrogens is 242 g/mol. The number of benzene rings is 2. The Morgan fingerprint density at radius 2 is 1.84 bits per heavy atom. The van der Waals surface area contributed by atoms with Crippen molar-refractivity contribution in [1.29, 1.82) is 0 Å². The summed E-state index contributed by atoms with van der Waals surface area (Å²) in [7, 11) is 0. The fraction of sp³-hybridized carbons (Fsp3) is 0.0667. The molecule has 0 aliphatic carbocycles. The summed E-state index contributed by atoms with van der Waals surface area (Å²) in [5, 5.41) is 12.9. The van der Waals surface area contributed by atoms with Crippen LogP contribution in [0.3, 0.4) is 0 Å². The number of rotatable bonds is 4. The van der Waals surface area contributed by atoms with E-state index in [0.717, 1.165) is 16.3 Å². The van der Waals surface area contributed by atoms with Gasteiger partial charge in [0.2, 0.25) is 5.91 Å². The van der Waals surface area contributed by atoms with Crippen LogP contribution in [-0.2, 0) is 9.59 Å². The van der Waals surface area contributed by atoms with Crippen LogP contribution in [0.2, 0.25) is 0 Å². The molecule has 0 atom stereocenters. The van der Waals surface area contributed by atoms with Gasteiger partial charge < -0.3 is 10.4 Å². The van der Waals surface area contributed by atoms with Crippen LogP contribution in [0.4, 0.5) is 0 Å². The second-order valence-corrected chi connectivity index (χ2v) is 4.01. The molecule has 0 aliphatic rings. The van der Waals surface area contributed by atoms with E-state index < -0.39 is 11.9 Å². The zero-order chi connectivity index (χ0) is 13.7. The predicted octanol–water partition coefficient (Wildman–Crippen LogP) is 2.05. The standard InChI is InChI=1S/C15H13NO3/c17-14(16-10-15(18)19)9-8-12-6-3-5-11-4-1-2-7-13(11)12/h1-9H,10H2,(H,16,17)(H,18,19)/b9-8+. The highest BCUT2D eigenvalue weighted by Crippen LogP contribution is 2.19. The average molecular weight is 255 g/mol. The normalized spacial score (nSPS) is 10.7. The maximum atomic E-state index is 11.4. The Labute approximate surface area is 110 Å². The summed E-state index contributed by atoms with van der Waals surface area (Å²) in [6.07, 6.45) is 3.02. The summed E-state index contributed by atoms with van der Waals surface area (Å²) in [6, 6.07) is 13.7. The molecule has 2 aromatic carbocycles. The highest BCUT2D eigenvalue weighted by Gasteiger charge is 2.00. The lowest BCUT2D eigenvalue weighted by Crippen LogP contribution is -2.27. The zero-order valence-electron chi connectivity index (χ0n) is 10.2. The van der Waals surface area contributed by atoms with Crippen molar-refractivity contribution < 1.29 is 14.7 Å². The van der Waals surface area contributed by atoms with Crippen LogP contribution < -0.4 is 5.32 Å². The lowest BCUT2D eigenvalue weighted by atomic mass is 10.0. The van der Waals surface area contributed by atoms with Gasteiger partial charge in [0, 0.05) is 6.08 Å². The van der Waals surface area contributed by atoms with Crippen LogP contribution in [0.15, 0.2) is 48.5 Å². The van der Waals surface area contributed by atoms with Gasteiger partial charge in [-0.3, -0.25) is 9.59 Å². The molecular formula is C15H13NO3. The van der Waals surface area contributed by atoms with Crippen molar-refractivity contribution in [3.05, 3.63) is 54.1 Å². The summed E-state index contributed by atoms with van der Waals surface area (Å²) >= 11 is 0. The molecule has 0 fully saturated rings. The van der Waals surface area contributed by atoms with Crippen LogP contribution in [0.5, 0.6) is 0 Å². The van der Waals surface area contributed by atoms with E-state index in [1.54, 1.807) is 6.08 Å². The molecule has 96 valence electrons. The summed E-state index contributed by atoms with van der Waals surface area (Å²) in [4.78, 5) is 21.7. The maximum absolute atomic E-state index is 11.4. The number of carboxylic acid groups (broad SMARTS) is 1. The van der Waals surface area contributed by atoms with Gasteiger partial charge >= 0.3 is 5.97 Å². The van der Waals surface area contributed by atoms with Crippen molar-refractivity contribution in [3.63, 3.8) is 0 Å². The molecule has 2 rings (SSSR count). The maximum Gasteiger partial charge on any atom is 0.322 e. The van der Waals surface area contributed by atoms with Crippen molar-refractivity contribution in [2.45, 2.75) is 0 Å². The highest BCUT2D eigenvalue weighted by molar-refractivity contribution is 5.97. The molecule has 4 nitrogen and oxygen atoms in total. The van der Waals surface area contributed by atoms with Crippen molar-refractivity contribution >= 4 is 28.7 Å². The van der Waals surface area contributed by atoms with Crippen molar-refractivity contribution in [3.8, 4) is 0 Å². The van der Waals surface area contributed by atoms with Gasteiger partial charge in [0.15, 0.2) is 0 Å². The number of hydrogen-bond acceptors (Lipinski definition) is 2. The Bertz CT molecular complexity index is 641. The van der Waals surface area contributed by atoms with Crippen LogP contribution in [0.25, 0.3) is 16.8 Å². The van der Waals surface area contributed by atoms with Crippen molar-refractivity contribution in [2.75, 3.05) is 6.54 Å². The monoisotopic (exact) mass is 255 g/mol. The van der Waals surface area contributed by atoms with E-state index in [1.807, 2.05) is 42.5 Å². The molecule has 4 heteroatoms. The molecule has 0 saturated carbocycles. The molecule has 2 aromatic rings.